The monoisotopic (exact) mass is 333 g/mol. The molecule has 4 nitrogen and oxygen atoms in total. The van der Waals surface area contributed by atoms with Crippen molar-refractivity contribution in [2.75, 3.05) is 20.1 Å². The van der Waals surface area contributed by atoms with E-state index in [1.165, 1.54) is 6.08 Å². The van der Waals surface area contributed by atoms with Crippen molar-refractivity contribution in [2.45, 2.75) is 32.8 Å². The lowest BCUT2D eigenvalue weighted by Gasteiger charge is -2.35. The second kappa shape index (κ2) is 9.88. The third kappa shape index (κ3) is 4.45. The number of halogens is 1. The highest BCUT2D eigenvalue weighted by atomic mass is 19.1. The van der Waals surface area contributed by atoms with E-state index in [1.807, 2.05) is 6.92 Å². The van der Waals surface area contributed by atoms with E-state index < -0.39 is 6.10 Å². The van der Waals surface area contributed by atoms with Gasteiger partial charge in [0.15, 0.2) is 6.10 Å². The van der Waals surface area contributed by atoms with Crippen LogP contribution in [0.25, 0.3) is 0 Å². The molecule has 5 heteroatoms. The van der Waals surface area contributed by atoms with Gasteiger partial charge in [0.05, 0.1) is 11.4 Å². The molecule has 1 N–H and O–H groups in total. The lowest BCUT2D eigenvalue weighted by molar-refractivity contribution is 0.215. The van der Waals surface area contributed by atoms with Gasteiger partial charge in [-0.15, -0.1) is 0 Å². The predicted octanol–water partition coefficient (Wildman–Crippen LogP) is 3.76. The Hall–Kier alpha value is -2.14. The first-order chi connectivity index (χ1) is 11.5. The second-order valence-corrected chi connectivity index (χ2v) is 5.35. The maximum Gasteiger partial charge on any atom is 0.151 e. The minimum absolute atomic E-state index is 0.340. The van der Waals surface area contributed by atoms with Gasteiger partial charge in [0.2, 0.25) is 0 Å². The summed E-state index contributed by atoms with van der Waals surface area (Å²) in [6.07, 6.45) is 8.65. The van der Waals surface area contributed by atoms with Gasteiger partial charge in [-0.25, -0.2) is 4.39 Å². The number of hydrogen-bond donors (Lipinski definition) is 1. The van der Waals surface area contributed by atoms with Crippen LogP contribution >= 0.6 is 0 Å². The molecule has 1 unspecified atom stereocenters. The molecule has 0 fully saturated rings. The Balaban J connectivity index is 3.27. The fourth-order valence-corrected chi connectivity index (χ4v) is 2.61. The number of likely N-dealkylation sites (N-methyl/N-ethyl adjacent to an activating group) is 1. The van der Waals surface area contributed by atoms with Gasteiger partial charge in [-0.05, 0) is 37.8 Å². The van der Waals surface area contributed by atoms with Gasteiger partial charge in [-0.1, -0.05) is 32.6 Å². The fraction of sp³-hybridized carbons (Fsp3) is 0.421. The fourth-order valence-electron chi connectivity index (χ4n) is 2.61. The summed E-state index contributed by atoms with van der Waals surface area (Å²) in [7, 11) is 1.63. The maximum absolute atomic E-state index is 14.2. The molecule has 1 aliphatic rings. The molecule has 1 atom stereocenters. The van der Waals surface area contributed by atoms with Gasteiger partial charge >= 0.3 is 0 Å². The van der Waals surface area contributed by atoms with E-state index >= 15 is 0 Å². The second-order valence-electron chi connectivity index (χ2n) is 5.35. The predicted molar refractivity (Wildman–Crippen MR) is 99.1 cm³/mol. The molecule has 24 heavy (non-hydrogen) atoms. The summed E-state index contributed by atoms with van der Waals surface area (Å²) in [5.74, 6) is 0.141. The highest BCUT2D eigenvalue weighted by Gasteiger charge is 2.29. The molecule has 132 valence electrons. The number of aliphatic imine (C=N–C) groups is 1. The molecule has 0 saturated carbocycles. The van der Waals surface area contributed by atoms with E-state index in [2.05, 4.69) is 25.1 Å². The summed E-state index contributed by atoms with van der Waals surface area (Å²) >= 11 is 0. The van der Waals surface area contributed by atoms with Crippen molar-refractivity contribution in [1.29, 1.82) is 0 Å². The van der Waals surface area contributed by atoms with Gasteiger partial charge in [0.1, 0.15) is 11.7 Å². The lowest BCUT2D eigenvalue weighted by Crippen LogP contribution is -2.42. The Morgan fingerprint density at radius 1 is 1.42 bits per heavy atom. The van der Waals surface area contributed by atoms with Crippen LogP contribution in [0.15, 0.2) is 65.9 Å². The van der Waals surface area contributed by atoms with E-state index in [4.69, 9.17) is 0 Å². The van der Waals surface area contributed by atoms with Crippen molar-refractivity contribution in [3.8, 4) is 0 Å². The summed E-state index contributed by atoms with van der Waals surface area (Å²) < 4.78 is 14.2. The first-order valence-electron chi connectivity index (χ1n) is 8.27. The van der Waals surface area contributed by atoms with Crippen molar-refractivity contribution in [2.24, 2.45) is 4.99 Å². The molecular weight excluding hydrogens is 305 g/mol. The number of allylic oxidation sites excluding steroid dienone is 5. The molecule has 0 bridgehead atoms. The Morgan fingerprint density at radius 2 is 2.12 bits per heavy atom. The molecule has 0 aromatic carbocycles. The van der Waals surface area contributed by atoms with Crippen LogP contribution in [-0.2, 0) is 0 Å². The summed E-state index contributed by atoms with van der Waals surface area (Å²) in [6, 6.07) is 0. The first kappa shape index (κ1) is 19.9. The smallest absolute Gasteiger partial charge is 0.151 e. The zero-order valence-corrected chi connectivity index (χ0v) is 14.9. The van der Waals surface area contributed by atoms with Gasteiger partial charge in [0.25, 0.3) is 0 Å². The van der Waals surface area contributed by atoms with Gasteiger partial charge in [0, 0.05) is 20.1 Å². The van der Waals surface area contributed by atoms with Gasteiger partial charge < -0.3 is 14.9 Å². The minimum Gasteiger partial charge on any atom is -0.379 e. The van der Waals surface area contributed by atoms with Crippen LogP contribution in [0.3, 0.4) is 0 Å². The van der Waals surface area contributed by atoms with E-state index in [-0.39, 0.29) is 5.83 Å². The Bertz CT molecular complexity index is 575. The molecule has 0 aromatic rings. The molecule has 1 aliphatic heterocycles. The Kier molecular flexibility index (Phi) is 8.19. The largest absolute Gasteiger partial charge is 0.379 e. The normalized spacial score (nSPS) is 18.1. The third-order valence-electron chi connectivity index (χ3n) is 3.87. The molecule has 0 aromatic heterocycles. The van der Waals surface area contributed by atoms with E-state index in [0.717, 1.165) is 12.8 Å². The zero-order valence-electron chi connectivity index (χ0n) is 14.9. The van der Waals surface area contributed by atoms with Crippen LogP contribution < -0.4 is 0 Å². The third-order valence-corrected chi connectivity index (χ3v) is 3.87. The van der Waals surface area contributed by atoms with E-state index in [9.17, 15) is 9.50 Å². The zero-order chi connectivity index (χ0) is 18.1. The van der Waals surface area contributed by atoms with E-state index in [1.54, 1.807) is 41.3 Å². The number of aliphatic hydroxyl groups is 1. The van der Waals surface area contributed by atoms with Crippen LogP contribution in [-0.4, -0.2) is 47.0 Å². The molecule has 0 aliphatic carbocycles. The van der Waals surface area contributed by atoms with Crippen molar-refractivity contribution in [1.82, 2.24) is 9.80 Å². The molecule has 0 spiro atoms. The van der Waals surface area contributed by atoms with Crippen molar-refractivity contribution < 1.29 is 9.50 Å². The van der Waals surface area contributed by atoms with Crippen molar-refractivity contribution in [3.63, 3.8) is 0 Å². The Labute approximate surface area is 144 Å². The number of amidine groups is 1. The molecule has 1 rings (SSSR count). The SMILES string of the molecule is C=C/C=C1/C(F)=CC=C(C(O)/C(=N/C)N(C=C)CC)N1CCCC. The van der Waals surface area contributed by atoms with Crippen molar-refractivity contribution in [3.05, 3.63) is 60.9 Å². The molecule has 1 heterocycles. The summed E-state index contributed by atoms with van der Waals surface area (Å²) in [5.41, 5.74) is 1.01. The quantitative estimate of drug-likeness (QED) is 0.543. The van der Waals surface area contributed by atoms with Crippen LogP contribution in [0.5, 0.6) is 0 Å². The van der Waals surface area contributed by atoms with Crippen LogP contribution in [0.2, 0.25) is 0 Å². The Morgan fingerprint density at radius 3 is 2.62 bits per heavy atom. The number of hydrogen-bond acceptors (Lipinski definition) is 3. The molecule has 0 saturated heterocycles. The average Bonchev–Trinajstić information content (AvgIpc) is 2.59. The number of aliphatic hydroxyl groups excluding tert-OH is 1. The highest BCUT2D eigenvalue weighted by molar-refractivity contribution is 5.90. The number of nitrogens with zero attached hydrogens (tertiary/aromatic N) is 3. The number of rotatable bonds is 8. The molecular formula is C19H28FN3O. The van der Waals surface area contributed by atoms with Crippen molar-refractivity contribution >= 4 is 5.84 Å². The van der Waals surface area contributed by atoms with Crippen LogP contribution in [0.4, 0.5) is 4.39 Å². The lowest BCUT2D eigenvalue weighted by atomic mass is 10.1. The molecule has 0 radical (unpaired) electrons. The first-order valence-corrected chi connectivity index (χ1v) is 8.27. The van der Waals surface area contributed by atoms with Gasteiger partial charge in [-0.2, -0.15) is 0 Å². The standard InChI is InChI=1S/C19H28FN3O/c1-6-10-14-23-16(11-7-2)15(20)12-13-17(23)18(24)19(21-5)22(8-3)9-4/h7-8,11-13,18,24H,2-3,6,9-10,14H2,1,4-5H3/b16-11-,21-19-. The highest BCUT2D eigenvalue weighted by Crippen LogP contribution is 2.29. The van der Waals surface area contributed by atoms with Gasteiger partial charge in [-0.3, -0.25) is 4.99 Å². The van der Waals surface area contributed by atoms with Crippen LogP contribution in [0.1, 0.15) is 26.7 Å². The number of unbranched alkanes of at least 4 members (excludes halogenated alkanes) is 1. The molecule has 0 amide bonds. The van der Waals surface area contributed by atoms with E-state index in [0.29, 0.717) is 30.3 Å². The average molecular weight is 333 g/mol. The maximum atomic E-state index is 14.2. The van der Waals surface area contributed by atoms with Crippen LogP contribution in [0, 0.1) is 0 Å². The summed E-state index contributed by atoms with van der Waals surface area (Å²) in [5, 5.41) is 10.9. The summed E-state index contributed by atoms with van der Waals surface area (Å²) in [4.78, 5) is 7.78. The topological polar surface area (TPSA) is 39.1 Å². The summed E-state index contributed by atoms with van der Waals surface area (Å²) in [6.45, 7) is 12.7. The minimum atomic E-state index is -0.970.